The molecule has 0 radical (unpaired) electrons. The van der Waals surface area contributed by atoms with Crippen molar-refractivity contribution in [2.45, 2.75) is 32.4 Å². The molecule has 3 heterocycles. The lowest BCUT2D eigenvalue weighted by Crippen LogP contribution is -2.81. The summed E-state index contributed by atoms with van der Waals surface area (Å²) in [7, 11) is 2.18. The third-order valence-corrected chi connectivity index (χ3v) is 4.82. The van der Waals surface area contributed by atoms with Gasteiger partial charge in [-0.25, -0.2) is 0 Å². The maximum atomic E-state index is 12.4. The average Bonchev–Trinajstić information content (AvgIpc) is 2.32. The molecule has 0 aromatic heterocycles. The fourth-order valence-electron chi connectivity index (χ4n) is 4.01. The fraction of sp³-hybridized carbons (Fsp3) is 0.933. The van der Waals surface area contributed by atoms with Crippen molar-refractivity contribution in [1.82, 2.24) is 14.7 Å². The second kappa shape index (κ2) is 4.68. The number of ether oxygens (including phenoxy) is 1. The Hall–Kier alpha value is -0.650. The van der Waals surface area contributed by atoms with Crippen LogP contribution in [0, 0.1) is 5.41 Å². The Morgan fingerprint density at radius 1 is 1.25 bits per heavy atom. The number of morpholine rings is 1. The number of likely N-dealkylation sites (N-methyl/N-ethyl adjacent to an activating group) is 1. The van der Waals surface area contributed by atoms with Crippen LogP contribution in [0.4, 0.5) is 0 Å². The van der Waals surface area contributed by atoms with Gasteiger partial charge in [0.2, 0.25) is 5.91 Å². The third kappa shape index (κ3) is 2.26. The summed E-state index contributed by atoms with van der Waals surface area (Å²) in [6.45, 7) is 12.6. The van der Waals surface area contributed by atoms with Crippen molar-refractivity contribution in [2.24, 2.45) is 5.41 Å². The molecule has 0 aromatic carbocycles. The van der Waals surface area contributed by atoms with Crippen LogP contribution in [-0.4, -0.2) is 85.2 Å². The van der Waals surface area contributed by atoms with Gasteiger partial charge in [-0.15, -0.1) is 0 Å². The normalized spacial score (nSPS) is 31.0. The highest BCUT2D eigenvalue weighted by Gasteiger charge is 2.55. The zero-order valence-electron chi connectivity index (χ0n) is 13.2. The number of amides is 1. The van der Waals surface area contributed by atoms with Gasteiger partial charge in [-0.3, -0.25) is 9.69 Å². The molecule has 0 bridgehead atoms. The van der Waals surface area contributed by atoms with E-state index in [1.54, 1.807) is 0 Å². The minimum absolute atomic E-state index is 0.169. The lowest BCUT2D eigenvalue weighted by molar-refractivity contribution is -0.179. The van der Waals surface area contributed by atoms with Gasteiger partial charge < -0.3 is 14.5 Å². The summed E-state index contributed by atoms with van der Waals surface area (Å²) in [6, 6.07) is 0.495. The Kier molecular flexibility index (Phi) is 3.35. The molecule has 0 aliphatic carbocycles. The van der Waals surface area contributed by atoms with Crippen LogP contribution in [0.3, 0.4) is 0 Å². The number of carbonyl (C=O) groups is 1. The number of hydrogen-bond donors (Lipinski definition) is 0. The molecule has 5 heteroatoms. The second-order valence-electron chi connectivity index (χ2n) is 7.75. The molecule has 3 rings (SSSR count). The average molecular weight is 281 g/mol. The van der Waals surface area contributed by atoms with Crippen LogP contribution in [0.5, 0.6) is 0 Å². The van der Waals surface area contributed by atoms with E-state index in [0.717, 1.165) is 45.9 Å². The molecule has 0 aromatic rings. The molecule has 3 aliphatic heterocycles. The first-order valence-electron chi connectivity index (χ1n) is 7.64. The highest BCUT2D eigenvalue weighted by Crippen LogP contribution is 2.37. The highest BCUT2D eigenvalue weighted by molar-refractivity contribution is 5.82. The van der Waals surface area contributed by atoms with Crippen LogP contribution < -0.4 is 0 Å². The van der Waals surface area contributed by atoms with E-state index in [1.165, 1.54) is 0 Å². The number of nitrogens with zero attached hydrogens (tertiary/aromatic N) is 3. The van der Waals surface area contributed by atoms with Gasteiger partial charge in [-0.05, 0) is 7.05 Å². The molecule has 1 amide bonds. The van der Waals surface area contributed by atoms with Gasteiger partial charge in [-0.1, -0.05) is 20.8 Å². The molecule has 0 saturated carbocycles. The van der Waals surface area contributed by atoms with Gasteiger partial charge in [0.1, 0.15) is 0 Å². The SMILES string of the molecule is CN1C[C@@H]2COCCN2C2(C1)CN(C(=O)C(C)(C)C)C2. The van der Waals surface area contributed by atoms with Gasteiger partial charge in [0.15, 0.2) is 0 Å². The number of rotatable bonds is 0. The number of hydrogen-bond acceptors (Lipinski definition) is 4. The monoisotopic (exact) mass is 281 g/mol. The van der Waals surface area contributed by atoms with E-state index in [2.05, 4.69) is 16.8 Å². The first kappa shape index (κ1) is 14.3. The van der Waals surface area contributed by atoms with Crippen molar-refractivity contribution >= 4 is 5.91 Å². The Labute approximate surface area is 121 Å². The van der Waals surface area contributed by atoms with Crippen molar-refractivity contribution in [2.75, 3.05) is 53.0 Å². The highest BCUT2D eigenvalue weighted by atomic mass is 16.5. The standard InChI is InChI=1S/C15H27N3O2/c1-14(2,3)13(19)17-10-15(11-17)9-16(4)7-12-8-20-6-5-18(12)15/h12H,5-11H2,1-4H3/t12-/m1/s1. The predicted molar refractivity (Wildman–Crippen MR) is 77.6 cm³/mol. The molecule has 0 N–H and O–H groups in total. The molecule has 0 unspecified atom stereocenters. The lowest BCUT2D eigenvalue weighted by Gasteiger charge is -2.63. The number of fused-ring (bicyclic) bond motifs is 2. The minimum atomic E-state index is -0.271. The minimum Gasteiger partial charge on any atom is -0.378 e. The van der Waals surface area contributed by atoms with Crippen LogP contribution in [0.1, 0.15) is 20.8 Å². The Morgan fingerprint density at radius 3 is 2.60 bits per heavy atom. The second-order valence-corrected chi connectivity index (χ2v) is 7.75. The number of carbonyl (C=O) groups excluding carboxylic acids is 1. The molecule has 1 atom stereocenters. The van der Waals surface area contributed by atoms with E-state index >= 15 is 0 Å². The largest absolute Gasteiger partial charge is 0.378 e. The number of piperazine rings is 1. The van der Waals surface area contributed by atoms with Crippen molar-refractivity contribution in [1.29, 1.82) is 0 Å². The topological polar surface area (TPSA) is 36.0 Å². The van der Waals surface area contributed by atoms with E-state index in [-0.39, 0.29) is 16.9 Å². The molecule has 5 nitrogen and oxygen atoms in total. The predicted octanol–water partition coefficient (Wildman–Crippen LogP) is 0.260. The van der Waals surface area contributed by atoms with E-state index < -0.39 is 0 Å². The lowest BCUT2D eigenvalue weighted by atomic mass is 9.80. The van der Waals surface area contributed by atoms with Crippen molar-refractivity contribution in [3.05, 3.63) is 0 Å². The summed E-state index contributed by atoms with van der Waals surface area (Å²) < 4.78 is 5.63. The Bertz CT molecular complexity index is 398. The molecule has 1 spiro atoms. The molecule has 3 saturated heterocycles. The van der Waals surface area contributed by atoms with Crippen LogP contribution in [-0.2, 0) is 9.53 Å². The summed E-state index contributed by atoms with van der Waals surface area (Å²) in [4.78, 5) is 19.4. The van der Waals surface area contributed by atoms with Crippen LogP contribution >= 0.6 is 0 Å². The molecule has 114 valence electrons. The number of likely N-dealkylation sites (tertiary alicyclic amines) is 1. The Morgan fingerprint density at radius 2 is 1.95 bits per heavy atom. The maximum Gasteiger partial charge on any atom is 0.228 e. The smallest absolute Gasteiger partial charge is 0.228 e. The first-order valence-corrected chi connectivity index (χ1v) is 7.64. The Balaban J connectivity index is 1.72. The van der Waals surface area contributed by atoms with Gasteiger partial charge in [0.05, 0.1) is 18.8 Å². The summed E-state index contributed by atoms with van der Waals surface area (Å²) >= 11 is 0. The van der Waals surface area contributed by atoms with Gasteiger partial charge in [0.25, 0.3) is 0 Å². The van der Waals surface area contributed by atoms with E-state index in [1.807, 2.05) is 25.7 Å². The zero-order valence-corrected chi connectivity index (χ0v) is 13.2. The fourth-order valence-corrected chi connectivity index (χ4v) is 4.01. The molecule has 3 fully saturated rings. The zero-order chi connectivity index (χ0) is 14.5. The van der Waals surface area contributed by atoms with Gasteiger partial charge in [0, 0.05) is 44.2 Å². The molecular weight excluding hydrogens is 254 g/mol. The van der Waals surface area contributed by atoms with Crippen molar-refractivity contribution in [3.8, 4) is 0 Å². The van der Waals surface area contributed by atoms with Crippen LogP contribution in [0.2, 0.25) is 0 Å². The van der Waals surface area contributed by atoms with E-state index in [4.69, 9.17) is 4.74 Å². The maximum absolute atomic E-state index is 12.4. The van der Waals surface area contributed by atoms with E-state index in [9.17, 15) is 4.79 Å². The quantitative estimate of drug-likeness (QED) is 0.638. The third-order valence-electron chi connectivity index (χ3n) is 4.82. The van der Waals surface area contributed by atoms with Crippen LogP contribution in [0.15, 0.2) is 0 Å². The summed E-state index contributed by atoms with van der Waals surface area (Å²) in [5, 5.41) is 0. The van der Waals surface area contributed by atoms with E-state index in [0.29, 0.717) is 6.04 Å². The summed E-state index contributed by atoms with van der Waals surface area (Å²) in [5.41, 5.74) is -0.102. The molecule has 3 aliphatic rings. The van der Waals surface area contributed by atoms with Crippen molar-refractivity contribution < 1.29 is 9.53 Å². The molecule has 20 heavy (non-hydrogen) atoms. The first-order chi connectivity index (χ1) is 9.32. The van der Waals surface area contributed by atoms with Gasteiger partial charge >= 0.3 is 0 Å². The van der Waals surface area contributed by atoms with Crippen LogP contribution in [0.25, 0.3) is 0 Å². The van der Waals surface area contributed by atoms with Crippen molar-refractivity contribution in [3.63, 3.8) is 0 Å². The summed E-state index contributed by atoms with van der Waals surface area (Å²) in [6.07, 6.45) is 0. The molecular formula is C15H27N3O2. The van der Waals surface area contributed by atoms with Gasteiger partial charge in [-0.2, -0.15) is 0 Å². The summed E-state index contributed by atoms with van der Waals surface area (Å²) in [5.74, 6) is 0.279.